The molecule has 0 heterocycles. The fourth-order valence-electron chi connectivity index (χ4n) is 11.9. The summed E-state index contributed by atoms with van der Waals surface area (Å²) in [6, 6.07) is 0. The first kappa shape index (κ1) is 47.8. The Bertz CT molecular complexity index is 1590. The number of ether oxygens (including phenoxy) is 1. The van der Waals surface area contributed by atoms with Crippen molar-refractivity contribution in [2.24, 2.45) is 46.3 Å². The van der Waals surface area contributed by atoms with Gasteiger partial charge in [-0.3, -0.25) is 18.5 Å². The predicted octanol–water partition coefficient (Wildman–Crippen LogP) is 8.48. The van der Waals surface area contributed by atoms with Crippen LogP contribution in [0.5, 0.6) is 0 Å². The maximum Gasteiger partial charge on any atom is 0.397 e. The van der Waals surface area contributed by atoms with Crippen LogP contribution >= 0.6 is 0 Å². The number of carbonyl (C=O) groups excluding carboxylic acids is 1. The number of esters is 1. The Balaban J connectivity index is 1.30. The van der Waals surface area contributed by atoms with Crippen molar-refractivity contribution in [1.82, 2.24) is 0 Å². The van der Waals surface area contributed by atoms with Crippen molar-refractivity contribution in [3.05, 3.63) is 0 Å². The Morgan fingerprint density at radius 1 is 0.643 bits per heavy atom. The Hall–Kier alpha value is -0.920. The summed E-state index contributed by atoms with van der Waals surface area (Å²) in [5.41, 5.74) is -1.00. The molecule has 0 aromatic heterocycles. The summed E-state index contributed by atoms with van der Waals surface area (Å²) in [6.45, 7) is 8.93. The zero-order valence-electron chi connectivity index (χ0n) is 34.0. The van der Waals surface area contributed by atoms with Crippen molar-refractivity contribution in [3.8, 4) is 0 Å². The molecular formula is C39H70O14S3. The number of carbonyl (C=O) groups is 1. The van der Waals surface area contributed by atoms with Gasteiger partial charge in [-0.2, -0.15) is 25.3 Å². The summed E-state index contributed by atoms with van der Waals surface area (Å²) in [6.07, 6.45) is 16.4. The van der Waals surface area contributed by atoms with Gasteiger partial charge in [0.05, 0.1) is 12.7 Å². The van der Waals surface area contributed by atoms with E-state index in [1.54, 1.807) is 0 Å². The molecule has 11 unspecified atom stereocenters. The van der Waals surface area contributed by atoms with Gasteiger partial charge in [-0.25, -0.2) is 12.5 Å². The Morgan fingerprint density at radius 3 is 1.70 bits per heavy atom. The molecule has 0 aromatic rings. The topological polar surface area (TPSA) is 217 Å². The van der Waals surface area contributed by atoms with Gasteiger partial charge in [-0.1, -0.05) is 105 Å². The smallest absolute Gasteiger partial charge is 0.397 e. The number of rotatable bonds is 24. The standard InChI is InChI=1S/C39H70O14S3/c1-5-6-7-8-9-10-11-12-13-14-15-16-17-18-37(40)50-24-22-28(2)30-19-20-31-29-25-34(51-54(41,42)43)33-26-35(52-55(44,45)46)36(53-56(47,48)49)27-39(33,4)32(29)21-23-38(30,31)3/h28-36H,5-27H2,1-4H3,(H,41,42,43)(H,44,45,46)(H,47,48,49). The molecule has 4 saturated carbocycles. The van der Waals surface area contributed by atoms with Gasteiger partial charge in [-0.05, 0) is 104 Å². The van der Waals surface area contributed by atoms with E-state index in [9.17, 15) is 43.7 Å². The van der Waals surface area contributed by atoms with E-state index in [0.29, 0.717) is 25.4 Å². The molecule has 0 radical (unpaired) electrons. The van der Waals surface area contributed by atoms with Crippen LogP contribution in [0.15, 0.2) is 0 Å². The highest BCUT2D eigenvalue weighted by atomic mass is 32.3. The summed E-state index contributed by atoms with van der Waals surface area (Å²) >= 11 is 0. The van der Waals surface area contributed by atoms with Gasteiger partial charge in [0.15, 0.2) is 0 Å². The van der Waals surface area contributed by atoms with E-state index >= 15 is 0 Å². The van der Waals surface area contributed by atoms with Crippen LogP contribution in [-0.2, 0) is 53.3 Å². The molecule has 14 nitrogen and oxygen atoms in total. The van der Waals surface area contributed by atoms with Crippen molar-refractivity contribution in [1.29, 1.82) is 0 Å². The minimum absolute atomic E-state index is 0.0777. The maximum atomic E-state index is 12.6. The minimum Gasteiger partial charge on any atom is -0.466 e. The Morgan fingerprint density at radius 2 is 1.14 bits per heavy atom. The molecule has 0 spiro atoms. The monoisotopic (exact) mass is 858 g/mol. The van der Waals surface area contributed by atoms with Crippen LogP contribution in [0.4, 0.5) is 0 Å². The molecule has 3 N–H and O–H groups in total. The third kappa shape index (κ3) is 13.5. The molecule has 17 heteroatoms. The van der Waals surface area contributed by atoms with Crippen LogP contribution in [0.3, 0.4) is 0 Å². The van der Waals surface area contributed by atoms with E-state index in [-0.39, 0.29) is 54.3 Å². The third-order valence-corrected chi connectivity index (χ3v) is 15.9. The number of hydrogen-bond acceptors (Lipinski definition) is 11. The molecule has 328 valence electrons. The van der Waals surface area contributed by atoms with Gasteiger partial charge in [-0.15, -0.1) is 0 Å². The van der Waals surface area contributed by atoms with Crippen LogP contribution in [0, 0.1) is 46.3 Å². The molecule has 0 saturated heterocycles. The van der Waals surface area contributed by atoms with Crippen LogP contribution in [-0.4, -0.2) is 69.8 Å². The lowest BCUT2D eigenvalue weighted by Gasteiger charge is -2.63. The molecule has 4 rings (SSSR count). The SMILES string of the molecule is CCCCCCCCCCCCCCCC(=O)OCCC(C)C1CCC2C3CC(OS(=O)(=O)O)C4CC(OS(=O)(=O)O)C(OS(=O)(=O)O)CC4(C)C3CCC12C. The lowest BCUT2D eigenvalue weighted by molar-refractivity contribution is -0.184. The molecule has 4 aliphatic carbocycles. The van der Waals surface area contributed by atoms with Gasteiger partial charge in [0.25, 0.3) is 0 Å². The summed E-state index contributed by atoms with van der Waals surface area (Å²) in [4.78, 5) is 12.6. The lowest BCUT2D eigenvalue weighted by Crippen LogP contribution is -2.62. The highest BCUT2D eigenvalue weighted by molar-refractivity contribution is 7.81. The largest absolute Gasteiger partial charge is 0.466 e. The summed E-state index contributed by atoms with van der Waals surface area (Å²) in [5, 5.41) is 0. The first-order valence-electron chi connectivity index (χ1n) is 21.3. The number of unbranched alkanes of at least 4 members (excludes halogenated alkanes) is 12. The number of fused-ring (bicyclic) bond motifs is 5. The van der Waals surface area contributed by atoms with E-state index in [2.05, 4.69) is 20.8 Å². The van der Waals surface area contributed by atoms with E-state index in [0.717, 1.165) is 44.9 Å². The van der Waals surface area contributed by atoms with Crippen LogP contribution in [0.25, 0.3) is 0 Å². The molecular weight excluding hydrogens is 789 g/mol. The Kier molecular flexibility index (Phi) is 17.5. The number of hydrogen-bond donors (Lipinski definition) is 3. The molecule has 4 fully saturated rings. The zero-order chi connectivity index (χ0) is 41.4. The highest BCUT2D eigenvalue weighted by Crippen LogP contribution is 2.69. The van der Waals surface area contributed by atoms with Crippen molar-refractivity contribution in [2.75, 3.05) is 6.61 Å². The molecule has 11 atom stereocenters. The van der Waals surface area contributed by atoms with Crippen molar-refractivity contribution < 1.29 is 61.0 Å². The lowest BCUT2D eigenvalue weighted by atomic mass is 9.43. The second-order valence-corrected chi connectivity index (χ2v) is 21.2. The van der Waals surface area contributed by atoms with Crippen molar-refractivity contribution >= 4 is 37.2 Å². The van der Waals surface area contributed by atoms with Crippen LogP contribution < -0.4 is 0 Å². The summed E-state index contributed by atoms with van der Waals surface area (Å²) in [7, 11) is -15.1. The third-order valence-electron chi connectivity index (χ3n) is 14.4. The van der Waals surface area contributed by atoms with Gasteiger partial charge in [0, 0.05) is 6.42 Å². The van der Waals surface area contributed by atoms with Gasteiger partial charge in [0.2, 0.25) is 0 Å². The first-order chi connectivity index (χ1) is 26.2. The Labute approximate surface area is 337 Å². The fraction of sp³-hybridized carbons (Fsp3) is 0.974. The normalized spacial score (nSPS) is 34.0. The van der Waals surface area contributed by atoms with Crippen LogP contribution in [0.1, 0.15) is 169 Å². The van der Waals surface area contributed by atoms with E-state index < -0.39 is 60.8 Å². The van der Waals surface area contributed by atoms with Crippen molar-refractivity contribution in [2.45, 2.75) is 187 Å². The zero-order valence-corrected chi connectivity index (χ0v) is 36.5. The molecule has 0 aromatic carbocycles. The quantitative estimate of drug-likeness (QED) is 0.0471. The second kappa shape index (κ2) is 20.6. The van der Waals surface area contributed by atoms with Gasteiger partial charge in [0.1, 0.15) is 12.2 Å². The van der Waals surface area contributed by atoms with E-state index in [1.807, 2.05) is 6.92 Å². The molecule has 0 aliphatic heterocycles. The molecule has 56 heavy (non-hydrogen) atoms. The molecule has 0 amide bonds. The summed E-state index contributed by atoms with van der Waals surface area (Å²) in [5.74, 6) is -0.330. The average molecular weight is 859 g/mol. The maximum absolute atomic E-state index is 12.6. The minimum atomic E-state index is -5.10. The average Bonchev–Trinajstić information content (AvgIpc) is 3.43. The molecule has 0 bridgehead atoms. The first-order valence-corrected chi connectivity index (χ1v) is 25.4. The van der Waals surface area contributed by atoms with E-state index in [1.165, 1.54) is 64.2 Å². The van der Waals surface area contributed by atoms with E-state index in [4.69, 9.17) is 17.3 Å². The fourth-order valence-corrected chi connectivity index (χ4v) is 13.5. The second-order valence-electron chi connectivity index (χ2n) is 18.1. The van der Waals surface area contributed by atoms with Crippen LogP contribution in [0.2, 0.25) is 0 Å². The predicted molar refractivity (Wildman–Crippen MR) is 210 cm³/mol. The van der Waals surface area contributed by atoms with Gasteiger partial charge >= 0.3 is 37.2 Å². The highest BCUT2D eigenvalue weighted by Gasteiger charge is 2.65. The van der Waals surface area contributed by atoms with Crippen molar-refractivity contribution in [3.63, 3.8) is 0 Å². The summed E-state index contributed by atoms with van der Waals surface area (Å²) < 4.78 is 121. The molecule has 4 aliphatic rings. The van der Waals surface area contributed by atoms with Gasteiger partial charge < -0.3 is 4.74 Å².